The fourth-order valence-electron chi connectivity index (χ4n) is 19.6. The summed E-state index contributed by atoms with van der Waals surface area (Å²) in [5, 5.41) is 24.9. The lowest BCUT2D eigenvalue weighted by atomic mass is 10.1. The Morgan fingerprint density at radius 2 is 0.630 bits per heavy atom. The largest absolute Gasteiger partial charge is 0.469 e. The Kier molecular flexibility index (Phi) is 50.0. The van der Waals surface area contributed by atoms with Crippen molar-refractivity contribution in [2.45, 2.75) is 175 Å². The first-order valence-electron chi connectivity index (χ1n) is 52.0. The lowest BCUT2D eigenvalue weighted by Gasteiger charge is -2.25. The smallest absolute Gasteiger partial charge is 0.333 e. The number of aromatic nitrogens is 8. The zero-order valence-corrected chi connectivity index (χ0v) is 87.8. The van der Waals surface area contributed by atoms with Gasteiger partial charge in [0.1, 0.15) is 0 Å². The van der Waals surface area contributed by atoms with Crippen molar-refractivity contribution in [1.82, 2.24) is 78.2 Å². The van der Waals surface area contributed by atoms with Gasteiger partial charge in [-0.3, -0.25) is 43.6 Å². The summed E-state index contributed by atoms with van der Waals surface area (Å²) >= 11 is 0. The van der Waals surface area contributed by atoms with Crippen LogP contribution in [0.25, 0.3) is 0 Å². The number of nitrogens with one attached hydrogen (secondary N) is 2. The molecule has 11 aromatic rings. The van der Waals surface area contributed by atoms with Crippen molar-refractivity contribution < 1.29 is 57.9 Å². The number of aliphatic hydroxyl groups is 2. The monoisotopic (exact) mass is 2000 g/mol. The van der Waals surface area contributed by atoms with Gasteiger partial charge in [0, 0.05) is 177 Å². The lowest BCUT2D eigenvalue weighted by molar-refractivity contribution is -0.146. The summed E-state index contributed by atoms with van der Waals surface area (Å²) in [6.07, 6.45) is 31.0. The zero-order valence-electron chi connectivity index (χ0n) is 87.8. The molecule has 8 aliphatic rings. The summed E-state index contributed by atoms with van der Waals surface area (Å²) in [5.74, 6) is 1.78. The highest BCUT2D eigenvalue weighted by Crippen LogP contribution is 2.35. The van der Waals surface area contributed by atoms with Crippen LogP contribution < -0.4 is 16.4 Å². The van der Waals surface area contributed by atoms with Crippen LogP contribution in [0.3, 0.4) is 0 Å². The highest BCUT2D eigenvalue weighted by atomic mass is 16.5. The van der Waals surface area contributed by atoms with E-state index >= 15 is 0 Å². The van der Waals surface area contributed by atoms with Crippen LogP contribution in [0.1, 0.15) is 187 Å². The fraction of sp³-hybridized carbons (Fsp3) is 0.470. The highest BCUT2D eigenvalue weighted by Gasteiger charge is 2.40. The van der Waals surface area contributed by atoms with Gasteiger partial charge in [-0.25, -0.2) is 24.7 Å². The molecule has 7 unspecified atom stereocenters. The summed E-state index contributed by atoms with van der Waals surface area (Å²) in [6, 6.07) is 74.6. The number of carbonyl (C=O) groups is 6. The number of aliphatic hydroxyl groups excluding tert-OH is 2. The Hall–Kier alpha value is -12.4. The predicted octanol–water partition coefficient (Wildman–Crippen LogP) is 16.6. The molecule has 0 aliphatic carbocycles. The average Bonchev–Trinajstić information content (AvgIpc) is 1.68. The molecule has 19 rings (SSSR count). The van der Waals surface area contributed by atoms with E-state index in [1.165, 1.54) is 121 Å². The van der Waals surface area contributed by atoms with Crippen LogP contribution in [0.15, 0.2) is 299 Å². The summed E-state index contributed by atoms with van der Waals surface area (Å²) in [7, 11) is 5.18. The molecule has 6 N–H and O–H groups in total. The van der Waals surface area contributed by atoms with Crippen LogP contribution in [0.5, 0.6) is 0 Å². The van der Waals surface area contributed by atoms with Gasteiger partial charge in [0.25, 0.3) is 0 Å². The van der Waals surface area contributed by atoms with Crippen molar-refractivity contribution in [3.63, 3.8) is 0 Å². The van der Waals surface area contributed by atoms with Gasteiger partial charge in [-0.05, 0) is 214 Å². The molecule has 2 amide bonds. The van der Waals surface area contributed by atoms with Gasteiger partial charge in [0.2, 0.25) is 11.8 Å². The number of rotatable bonds is 28. The van der Waals surface area contributed by atoms with Gasteiger partial charge in [0.05, 0.1) is 84.1 Å². The van der Waals surface area contributed by atoms with Crippen LogP contribution >= 0.6 is 0 Å². The molecule has 4 aromatic heterocycles. The Labute approximate surface area is 866 Å². The maximum Gasteiger partial charge on any atom is 0.333 e. The number of amides is 2. The van der Waals surface area contributed by atoms with Crippen molar-refractivity contribution in [3.05, 3.63) is 338 Å². The average molecular weight is 2000 g/mol. The fourth-order valence-corrected chi connectivity index (χ4v) is 19.6. The third-order valence-corrected chi connectivity index (χ3v) is 28.8. The molecule has 7 aromatic carbocycles. The van der Waals surface area contributed by atoms with E-state index in [2.05, 4.69) is 246 Å². The second-order valence-corrected chi connectivity index (χ2v) is 39.2. The van der Waals surface area contributed by atoms with E-state index in [9.17, 15) is 28.8 Å². The summed E-state index contributed by atoms with van der Waals surface area (Å²) < 4.78 is 26.7. The number of hydrogen-bond donors (Lipinski definition) is 5. The molecule has 8 saturated heterocycles. The maximum atomic E-state index is 11.9. The number of nitrogens with zero attached hydrogens (tertiary/aromatic N) is 14. The maximum absolute atomic E-state index is 11.9. The first kappa shape index (κ1) is 115. The molecule has 8 aliphatic heterocycles. The quantitative estimate of drug-likeness (QED) is 0.0173. The zero-order chi connectivity index (χ0) is 104. The summed E-state index contributed by atoms with van der Waals surface area (Å²) in [6.45, 7) is 38.1. The molecule has 0 saturated carbocycles. The van der Waals surface area contributed by atoms with Gasteiger partial charge in [-0.1, -0.05) is 219 Å². The third-order valence-electron chi connectivity index (χ3n) is 28.8. The van der Waals surface area contributed by atoms with E-state index in [1.54, 1.807) is 9.80 Å². The van der Waals surface area contributed by atoms with E-state index in [1.807, 2.05) is 174 Å². The SMILES string of the molecule is C=C(CC(=O)OC)C(=O)OC.COC(=O)C1CC(=O)N(C(C)c2ccccc2)C1.COC(=O)C1CC(=O)N(C(C)c2ccccc2)C1.C[C@@H](N)c1ccccc1.C[C@H](c1ccccc1)N1CCC(CO)C1.C[C@H](c1ccccc1)N1CCC(Cn2ccnc2)C1.C[C@H](c1ccccc1)N1CC[C@@H](CO)C1.C[C@H](c1ccccc1)N1CC[C@@H](Cn2ccnc2)C1.c1cn(CC2CCNC2)cn1.c1cn(C[C@@H]2CCNC2)cn1. The molecule has 146 heavy (non-hydrogen) atoms. The molecular weight excluding hydrogens is 1840 g/mol. The Morgan fingerprint density at radius 1 is 0.363 bits per heavy atom. The number of carbonyl (C=O) groups excluding carboxylic acids is 6. The first-order chi connectivity index (χ1) is 70.8. The molecular formula is C117H161N17O12. The molecule has 0 bridgehead atoms. The topological polar surface area (TPSA) is 321 Å². The molecule has 15 atom stereocenters. The van der Waals surface area contributed by atoms with E-state index in [4.69, 9.17) is 25.4 Å². The van der Waals surface area contributed by atoms with Crippen molar-refractivity contribution in [2.75, 3.05) is 133 Å². The Morgan fingerprint density at radius 3 is 0.856 bits per heavy atom. The molecule has 0 radical (unpaired) electrons. The van der Waals surface area contributed by atoms with Crippen molar-refractivity contribution >= 4 is 35.7 Å². The molecule has 12 heterocycles. The highest BCUT2D eigenvalue weighted by molar-refractivity contribution is 5.93. The van der Waals surface area contributed by atoms with Gasteiger partial charge in [-0.15, -0.1) is 0 Å². The van der Waals surface area contributed by atoms with E-state index in [0.717, 1.165) is 113 Å². The van der Waals surface area contributed by atoms with Crippen LogP contribution in [-0.4, -0.2) is 247 Å². The predicted molar refractivity (Wildman–Crippen MR) is 573 cm³/mol. The number of benzene rings is 7. The number of ether oxygens (including phenoxy) is 4. The first-order valence-corrected chi connectivity index (χ1v) is 52.0. The Balaban J connectivity index is 0.000000168. The van der Waals surface area contributed by atoms with Crippen molar-refractivity contribution in [3.8, 4) is 0 Å². The standard InChI is InChI=1S/2C16H21N3.2C14H17NO3.2C13H19NO.2C8H13N3.C8H11N.C7H10O4/c2*1-14(16-5-3-2-4-6-16)19-9-7-15(12-19)11-18-10-8-17-13-18;2*1-10(11-6-4-3-5-7-11)15-9-12(8-13(15)16)14(17)18-2;2*1-11(13-5-3-2-4-6-13)14-8-7-12(9-14)10-15;2*1-2-9-5-8(1)6-11-4-3-10-7-11;1-7(9)8-5-3-2-4-6-8;1-5(7(9)11-3)4-6(8)10-2/h2*2-6,8,10,13-15H,7,9,11-12H2,1H3;2*3-7,10,12H,8-9H2,1-2H3;2*2-6,11-12,15H,7-10H2,1H3;2*3-4,7-9H,1-2,5-6H2;2-7H,9H2,1H3;1,4H2,2-3H3/t14-,15?;14-,15+;;;11-,12?;11-,12-;8-;;7-;/m11..111.1./s1. The Bertz CT molecular complexity index is 5130. The van der Waals surface area contributed by atoms with Gasteiger partial charge in [0.15, 0.2) is 0 Å². The summed E-state index contributed by atoms with van der Waals surface area (Å²) in [5.41, 5.74) is 14.6. The molecule has 29 heteroatoms. The minimum Gasteiger partial charge on any atom is -0.469 e. The molecule has 29 nitrogen and oxygen atoms in total. The number of hydrogen-bond acceptors (Lipinski definition) is 23. The molecule has 8 fully saturated rings. The third kappa shape index (κ3) is 38.4. The minimum atomic E-state index is -0.588. The number of likely N-dealkylation sites (tertiary alicyclic amines) is 6. The van der Waals surface area contributed by atoms with Crippen LogP contribution in [0, 0.1) is 47.3 Å². The van der Waals surface area contributed by atoms with Crippen LogP contribution in [0.4, 0.5) is 0 Å². The van der Waals surface area contributed by atoms with E-state index in [0.29, 0.717) is 62.3 Å². The molecule has 786 valence electrons. The van der Waals surface area contributed by atoms with Crippen LogP contribution in [-0.2, 0) is 73.9 Å². The second-order valence-electron chi connectivity index (χ2n) is 39.2. The van der Waals surface area contributed by atoms with Crippen molar-refractivity contribution in [2.24, 2.45) is 53.1 Å². The van der Waals surface area contributed by atoms with Crippen molar-refractivity contribution in [1.29, 1.82) is 0 Å². The van der Waals surface area contributed by atoms with Gasteiger partial charge in [-0.2, -0.15) is 0 Å². The van der Waals surface area contributed by atoms with E-state index in [-0.39, 0.29) is 78.5 Å². The summed E-state index contributed by atoms with van der Waals surface area (Å²) in [4.78, 5) is 97.8. The number of esters is 4. The lowest BCUT2D eigenvalue weighted by Crippen LogP contribution is -2.29. The second kappa shape index (κ2) is 63.2. The minimum absolute atomic E-state index is 0.00615. The number of nitrogens with two attached hydrogens (primary N) is 1. The molecule has 0 spiro atoms. The van der Waals surface area contributed by atoms with Crippen LogP contribution in [0.2, 0.25) is 0 Å². The van der Waals surface area contributed by atoms with Gasteiger partial charge >= 0.3 is 23.9 Å². The van der Waals surface area contributed by atoms with E-state index < -0.39 is 11.9 Å². The number of imidazole rings is 4. The normalized spacial score (nSPS) is 20.9. The number of methoxy groups -OCH3 is 4. The van der Waals surface area contributed by atoms with Gasteiger partial charge < -0.3 is 73.6 Å².